The highest BCUT2D eigenvalue weighted by Gasteiger charge is 2.10. The monoisotopic (exact) mass is 278 g/mol. The molecule has 20 heavy (non-hydrogen) atoms. The van der Waals surface area contributed by atoms with Crippen LogP contribution < -0.4 is 10.6 Å². The van der Waals surface area contributed by atoms with Crippen LogP contribution in [0.2, 0.25) is 0 Å². The van der Waals surface area contributed by atoms with Gasteiger partial charge in [-0.15, -0.1) is 0 Å². The zero-order valence-corrected chi connectivity index (χ0v) is 12.8. The fraction of sp³-hybridized carbons (Fsp3) is 0.600. The van der Waals surface area contributed by atoms with Crippen molar-refractivity contribution in [3.05, 3.63) is 24.0 Å². The molecule has 0 atom stereocenters. The van der Waals surface area contributed by atoms with Gasteiger partial charge in [0, 0.05) is 19.3 Å². The van der Waals surface area contributed by atoms with Crippen LogP contribution in [0.1, 0.15) is 36.5 Å². The SMILES string of the molecule is CCCNc1cnccc1C(=O)NCCCCN(C)C. The van der Waals surface area contributed by atoms with Crippen molar-refractivity contribution in [2.45, 2.75) is 26.2 Å². The largest absolute Gasteiger partial charge is 0.383 e. The van der Waals surface area contributed by atoms with Gasteiger partial charge in [0.15, 0.2) is 0 Å². The Hall–Kier alpha value is -1.62. The molecule has 5 heteroatoms. The first kappa shape index (κ1) is 16.4. The van der Waals surface area contributed by atoms with Gasteiger partial charge in [-0.25, -0.2) is 0 Å². The average molecular weight is 278 g/mol. The van der Waals surface area contributed by atoms with Crippen molar-refractivity contribution in [2.75, 3.05) is 39.0 Å². The molecule has 0 aliphatic rings. The lowest BCUT2D eigenvalue weighted by Crippen LogP contribution is -2.26. The minimum absolute atomic E-state index is 0.0316. The highest BCUT2D eigenvalue weighted by molar-refractivity contribution is 5.99. The van der Waals surface area contributed by atoms with E-state index in [-0.39, 0.29) is 5.91 Å². The maximum atomic E-state index is 12.1. The zero-order valence-electron chi connectivity index (χ0n) is 12.8. The third-order valence-corrected chi connectivity index (χ3v) is 2.95. The number of amides is 1. The molecule has 0 aliphatic heterocycles. The number of carbonyl (C=O) groups is 1. The van der Waals surface area contributed by atoms with Crippen molar-refractivity contribution in [1.82, 2.24) is 15.2 Å². The van der Waals surface area contributed by atoms with Gasteiger partial charge in [-0.2, -0.15) is 0 Å². The molecule has 2 N–H and O–H groups in total. The number of unbranched alkanes of at least 4 members (excludes halogenated alkanes) is 1. The first-order valence-corrected chi connectivity index (χ1v) is 7.26. The molecule has 0 fully saturated rings. The summed E-state index contributed by atoms with van der Waals surface area (Å²) in [7, 11) is 4.11. The summed E-state index contributed by atoms with van der Waals surface area (Å²) >= 11 is 0. The molecule has 0 spiro atoms. The predicted molar refractivity (Wildman–Crippen MR) is 83.1 cm³/mol. The van der Waals surface area contributed by atoms with Crippen LogP contribution >= 0.6 is 0 Å². The number of anilines is 1. The Morgan fingerprint density at radius 3 is 2.80 bits per heavy atom. The van der Waals surface area contributed by atoms with Crippen LogP contribution in [0.4, 0.5) is 5.69 Å². The topological polar surface area (TPSA) is 57.3 Å². The van der Waals surface area contributed by atoms with Crippen LogP contribution in [-0.4, -0.2) is 49.5 Å². The number of carbonyl (C=O) groups excluding carboxylic acids is 1. The van der Waals surface area contributed by atoms with Gasteiger partial charge < -0.3 is 15.5 Å². The molecule has 0 aliphatic carbocycles. The van der Waals surface area contributed by atoms with Crippen molar-refractivity contribution < 1.29 is 4.79 Å². The van der Waals surface area contributed by atoms with E-state index in [1.165, 1.54) is 0 Å². The lowest BCUT2D eigenvalue weighted by Gasteiger charge is -2.12. The van der Waals surface area contributed by atoms with E-state index in [2.05, 4.69) is 41.5 Å². The molecule has 0 radical (unpaired) electrons. The summed E-state index contributed by atoms with van der Waals surface area (Å²) in [6, 6.07) is 1.76. The van der Waals surface area contributed by atoms with Crippen molar-refractivity contribution in [3.63, 3.8) is 0 Å². The molecule has 1 heterocycles. The second-order valence-electron chi connectivity index (χ2n) is 5.11. The van der Waals surface area contributed by atoms with Gasteiger partial charge in [0.1, 0.15) is 0 Å². The van der Waals surface area contributed by atoms with Crippen molar-refractivity contribution >= 4 is 11.6 Å². The number of hydrogen-bond acceptors (Lipinski definition) is 4. The molecule has 1 aromatic heterocycles. The molecule has 5 nitrogen and oxygen atoms in total. The van der Waals surface area contributed by atoms with Gasteiger partial charge in [-0.05, 0) is 46.0 Å². The van der Waals surface area contributed by atoms with Crippen LogP contribution in [0.5, 0.6) is 0 Å². The Kier molecular flexibility index (Phi) is 7.65. The van der Waals surface area contributed by atoms with E-state index in [1.807, 2.05) is 0 Å². The number of nitrogens with one attached hydrogen (secondary N) is 2. The molecule has 1 aromatic rings. The number of aromatic nitrogens is 1. The van der Waals surface area contributed by atoms with Gasteiger partial charge in [-0.3, -0.25) is 9.78 Å². The summed E-state index contributed by atoms with van der Waals surface area (Å²) in [6.45, 7) is 4.69. The number of rotatable bonds is 9. The van der Waals surface area contributed by atoms with E-state index in [0.717, 1.165) is 38.0 Å². The number of nitrogens with zero attached hydrogens (tertiary/aromatic N) is 2. The van der Waals surface area contributed by atoms with Crippen LogP contribution in [0.25, 0.3) is 0 Å². The highest BCUT2D eigenvalue weighted by Crippen LogP contribution is 2.13. The Balaban J connectivity index is 2.42. The molecule has 0 aromatic carbocycles. The van der Waals surface area contributed by atoms with Crippen molar-refractivity contribution in [2.24, 2.45) is 0 Å². The number of hydrogen-bond donors (Lipinski definition) is 2. The normalized spacial score (nSPS) is 10.6. The van der Waals surface area contributed by atoms with E-state index >= 15 is 0 Å². The van der Waals surface area contributed by atoms with Crippen molar-refractivity contribution in [1.29, 1.82) is 0 Å². The smallest absolute Gasteiger partial charge is 0.253 e. The maximum Gasteiger partial charge on any atom is 0.253 e. The predicted octanol–water partition coefficient (Wildman–Crippen LogP) is 1.98. The molecular weight excluding hydrogens is 252 g/mol. The van der Waals surface area contributed by atoms with E-state index in [0.29, 0.717) is 12.1 Å². The minimum Gasteiger partial charge on any atom is -0.383 e. The van der Waals surface area contributed by atoms with Crippen LogP contribution in [-0.2, 0) is 0 Å². The molecule has 0 saturated heterocycles. The quantitative estimate of drug-likeness (QED) is 0.678. The fourth-order valence-corrected chi connectivity index (χ4v) is 1.84. The summed E-state index contributed by atoms with van der Waals surface area (Å²) in [6.07, 6.45) is 6.45. The molecule has 0 unspecified atom stereocenters. The minimum atomic E-state index is -0.0316. The first-order valence-electron chi connectivity index (χ1n) is 7.26. The van der Waals surface area contributed by atoms with E-state index in [4.69, 9.17) is 0 Å². The third-order valence-electron chi connectivity index (χ3n) is 2.95. The van der Waals surface area contributed by atoms with Crippen LogP contribution in [0, 0.1) is 0 Å². The standard InChI is InChI=1S/C15H26N4O/c1-4-8-17-14-12-16-10-7-13(14)15(20)18-9-5-6-11-19(2)3/h7,10,12,17H,4-6,8-9,11H2,1-3H3,(H,18,20). The molecule has 1 amide bonds. The average Bonchev–Trinajstić information content (AvgIpc) is 2.44. The summed E-state index contributed by atoms with van der Waals surface area (Å²) in [5.41, 5.74) is 1.47. The van der Waals surface area contributed by atoms with Gasteiger partial charge in [-0.1, -0.05) is 6.92 Å². The van der Waals surface area contributed by atoms with Gasteiger partial charge in [0.2, 0.25) is 0 Å². The zero-order chi connectivity index (χ0) is 14.8. The maximum absolute atomic E-state index is 12.1. The van der Waals surface area contributed by atoms with Gasteiger partial charge in [0.25, 0.3) is 5.91 Å². The van der Waals surface area contributed by atoms with Crippen molar-refractivity contribution in [3.8, 4) is 0 Å². The van der Waals surface area contributed by atoms with Gasteiger partial charge in [0.05, 0.1) is 17.4 Å². The highest BCUT2D eigenvalue weighted by atomic mass is 16.1. The lowest BCUT2D eigenvalue weighted by atomic mass is 10.2. The van der Waals surface area contributed by atoms with Crippen LogP contribution in [0.15, 0.2) is 18.5 Å². The fourth-order valence-electron chi connectivity index (χ4n) is 1.84. The molecule has 1 rings (SSSR count). The Morgan fingerprint density at radius 1 is 1.30 bits per heavy atom. The molecule has 0 bridgehead atoms. The van der Waals surface area contributed by atoms with E-state index < -0.39 is 0 Å². The Morgan fingerprint density at radius 2 is 2.10 bits per heavy atom. The Labute approximate surface area is 121 Å². The van der Waals surface area contributed by atoms with Gasteiger partial charge >= 0.3 is 0 Å². The van der Waals surface area contributed by atoms with E-state index in [9.17, 15) is 4.79 Å². The molecule has 112 valence electrons. The summed E-state index contributed by atoms with van der Waals surface area (Å²) in [4.78, 5) is 18.3. The Bertz CT molecular complexity index is 407. The van der Waals surface area contributed by atoms with Crippen LogP contribution in [0.3, 0.4) is 0 Å². The lowest BCUT2D eigenvalue weighted by molar-refractivity contribution is 0.0953. The number of pyridine rings is 1. The third kappa shape index (κ3) is 6.02. The summed E-state index contributed by atoms with van der Waals surface area (Å²) < 4.78 is 0. The molecule has 0 saturated carbocycles. The summed E-state index contributed by atoms with van der Waals surface area (Å²) in [5.74, 6) is -0.0316. The first-order chi connectivity index (χ1) is 9.65. The second kappa shape index (κ2) is 9.31. The second-order valence-corrected chi connectivity index (χ2v) is 5.11. The van der Waals surface area contributed by atoms with E-state index in [1.54, 1.807) is 18.5 Å². The summed E-state index contributed by atoms with van der Waals surface area (Å²) in [5, 5.41) is 6.19. The molecular formula is C15H26N4O.